The van der Waals surface area contributed by atoms with Crippen LogP contribution in [-0.4, -0.2) is 21.6 Å². The molecule has 5 nitrogen and oxygen atoms in total. The first-order chi connectivity index (χ1) is 13.8. The molecule has 0 aliphatic rings. The summed E-state index contributed by atoms with van der Waals surface area (Å²) in [5.41, 5.74) is 3.10. The number of benzene rings is 2. The molecule has 0 fully saturated rings. The molecule has 4 rings (SSSR count). The molecule has 0 spiro atoms. The molecule has 2 aromatic heterocycles. The fourth-order valence-electron chi connectivity index (χ4n) is 3.09. The van der Waals surface area contributed by atoms with Crippen LogP contribution in [0.3, 0.4) is 0 Å². The summed E-state index contributed by atoms with van der Waals surface area (Å²) in [5.74, 6) is 1.42. The Bertz CT molecular complexity index is 1060. The molecular formula is C23H22N4O. The summed E-state index contributed by atoms with van der Waals surface area (Å²) in [6, 6.07) is 18.5. The Morgan fingerprint density at radius 1 is 0.857 bits per heavy atom. The van der Waals surface area contributed by atoms with E-state index in [1.54, 1.807) is 6.20 Å². The van der Waals surface area contributed by atoms with Crippen LogP contribution in [0.4, 0.5) is 0 Å². The van der Waals surface area contributed by atoms with Crippen molar-refractivity contribution >= 4 is 10.8 Å². The molecule has 28 heavy (non-hydrogen) atoms. The number of ether oxygens (including phenoxy) is 1. The number of fused-ring (bicyclic) bond motifs is 1. The summed E-state index contributed by atoms with van der Waals surface area (Å²) in [6.45, 7) is 3.92. The number of nitrogens with one attached hydrogen (secondary N) is 1. The van der Waals surface area contributed by atoms with Crippen molar-refractivity contribution in [2.75, 3.05) is 6.61 Å². The average molecular weight is 370 g/mol. The van der Waals surface area contributed by atoms with E-state index in [4.69, 9.17) is 4.74 Å². The largest absolute Gasteiger partial charge is 0.478 e. The van der Waals surface area contributed by atoms with Gasteiger partial charge in [0.15, 0.2) is 5.82 Å². The smallest absolute Gasteiger partial charge is 0.217 e. The first kappa shape index (κ1) is 18.1. The van der Waals surface area contributed by atoms with Gasteiger partial charge in [-0.1, -0.05) is 42.5 Å². The fraction of sp³-hybridized carbons (Fsp3) is 0.174. The van der Waals surface area contributed by atoms with Crippen molar-refractivity contribution < 1.29 is 4.74 Å². The topological polar surface area (TPSA) is 59.9 Å². The minimum absolute atomic E-state index is 0.605. The molecule has 0 saturated heterocycles. The van der Waals surface area contributed by atoms with Crippen molar-refractivity contribution in [3.8, 4) is 17.3 Å². The normalized spacial score (nSPS) is 10.9. The molecule has 140 valence electrons. The van der Waals surface area contributed by atoms with Crippen molar-refractivity contribution in [1.82, 2.24) is 20.3 Å². The van der Waals surface area contributed by atoms with Gasteiger partial charge in [0.1, 0.15) is 0 Å². The number of rotatable bonds is 7. The lowest BCUT2D eigenvalue weighted by atomic mass is 10.1. The molecule has 1 N–H and O–H groups in total. The summed E-state index contributed by atoms with van der Waals surface area (Å²) >= 11 is 0. The van der Waals surface area contributed by atoms with Gasteiger partial charge in [-0.05, 0) is 29.8 Å². The third kappa shape index (κ3) is 4.15. The lowest BCUT2D eigenvalue weighted by Crippen LogP contribution is -2.14. The second-order valence-electron chi connectivity index (χ2n) is 6.48. The maximum Gasteiger partial charge on any atom is 0.217 e. The van der Waals surface area contributed by atoms with Gasteiger partial charge in [-0.3, -0.25) is 0 Å². The maximum atomic E-state index is 5.56. The highest BCUT2D eigenvalue weighted by molar-refractivity contribution is 5.86. The zero-order valence-corrected chi connectivity index (χ0v) is 15.8. The third-order valence-electron chi connectivity index (χ3n) is 4.49. The number of pyridine rings is 1. The van der Waals surface area contributed by atoms with Crippen LogP contribution in [0.15, 0.2) is 73.2 Å². The van der Waals surface area contributed by atoms with Gasteiger partial charge in [-0.2, -0.15) is 0 Å². The quantitative estimate of drug-likeness (QED) is 0.523. The number of nitrogens with zero attached hydrogens (tertiary/aromatic N) is 3. The molecule has 0 bridgehead atoms. The van der Waals surface area contributed by atoms with Gasteiger partial charge >= 0.3 is 0 Å². The van der Waals surface area contributed by atoms with Gasteiger partial charge in [0.25, 0.3) is 0 Å². The van der Waals surface area contributed by atoms with Crippen molar-refractivity contribution in [1.29, 1.82) is 0 Å². The van der Waals surface area contributed by atoms with Gasteiger partial charge in [0, 0.05) is 48.4 Å². The van der Waals surface area contributed by atoms with Crippen molar-refractivity contribution in [3.63, 3.8) is 0 Å². The highest BCUT2D eigenvalue weighted by Gasteiger charge is 2.05. The zero-order valence-electron chi connectivity index (χ0n) is 15.8. The van der Waals surface area contributed by atoms with Gasteiger partial charge in [-0.15, -0.1) is 0 Å². The maximum absolute atomic E-state index is 5.56. The Balaban J connectivity index is 1.41. The minimum atomic E-state index is 0.605. The summed E-state index contributed by atoms with van der Waals surface area (Å²) < 4.78 is 5.56. The van der Waals surface area contributed by atoms with E-state index in [9.17, 15) is 0 Å². The Morgan fingerprint density at radius 2 is 1.68 bits per heavy atom. The molecule has 4 aromatic rings. The van der Waals surface area contributed by atoms with Crippen molar-refractivity contribution in [2.45, 2.75) is 20.0 Å². The van der Waals surface area contributed by atoms with Crippen molar-refractivity contribution in [2.24, 2.45) is 0 Å². The van der Waals surface area contributed by atoms with E-state index in [0.29, 0.717) is 25.6 Å². The van der Waals surface area contributed by atoms with Crippen LogP contribution >= 0.6 is 0 Å². The van der Waals surface area contributed by atoms with Crippen LogP contribution < -0.4 is 10.1 Å². The Morgan fingerprint density at radius 3 is 2.50 bits per heavy atom. The molecule has 0 aliphatic carbocycles. The molecule has 0 aliphatic heterocycles. The standard InChI is InChI=1S/C23H22N4O/c1-2-28-23-21(8-5-11-25-23)16-24-13-17-14-26-22(27-15-17)20-10-9-18-6-3-4-7-19(18)12-20/h3-12,14-15,24H,2,13,16H2,1H3. The minimum Gasteiger partial charge on any atom is -0.478 e. The van der Waals surface area contributed by atoms with Gasteiger partial charge in [0.2, 0.25) is 5.88 Å². The van der Waals surface area contributed by atoms with Crippen LogP contribution in [0.25, 0.3) is 22.2 Å². The van der Waals surface area contributed by atoms with Crippen molar-refractivity contribution in [3.05, 3.63) is 84.3 Å². The van der Waals surface area contributed by atoms with Crippen LogP contribution in [0.5, 0.6) is 5.88 Å². The lowest BCUT2D eigenvalue weighted by molar-refractivity contribution is 0.322. The lowest BCUT2D eigenvalue weighted by Gasteiger charge is -2.10. The second kappa shape index (κ2) is 8.59. The molecule has 2 aromatic carbocycles. The van der Waals surface area contributed by atoms with E-state index in [2.05, 4.69) is 50.6 Å². The molecule has 0 amide bonds. The Labute approximate surface area is 164 Å². The monoisotopic (exact) mass is 370 g/mol. The molecule has 0 saturated carbocycles. The van der Waals surface area contributed by atoms with E-state index >= 15 is 0 Å². The fourth-order valence-corrected chi connectivity index (χ4v) is 3.09. The van der Waals surface area contributed by atoms with Gasteiger partial charge < -0.3 is 10.1 Å². The highest BCUT2D eigenvalue weighted by Crippen LogP contribution is 2.21. The predicted octanol–water partition coefficient (Wildman–Crippen LogP) is 4.38. The molecule has 0 radical (unpaired) electrons. The molecule has 5 heteroatoms. The summed E-state index contributed by atoms with van der Waals surface area (Å²) in [4.78, 5) is 13.4. The summed E-state index contributed by atoms with van der Waals surface area (Å²) in [5, 5.41) is 5.81. The molecule has 0 unspecified atom stereocenters. The van der Waals surface area contributed by atoms with Gasteiger partial charge in [-0.25, -0.2) is 15.0 Å². The van der Waals surface area contributed by atoms with E-state index in [1.807, 2.05) is 43.6 Å². The number of hydrogen-bond donors (Lipinski definition) is 1. The number of aromatic nitrogens is 3. The SMILES string of the molecule is CCOc1ncccc1CNCc1cnc(-c2ccc3ccccc3c2)nc1. The Kier molecular flexibility index (Phi) is 5.54. The highest BCUT2D eigenvalue weighted by atomic mass is 16.5. The van der Waals surface area contributed by atoms with Crippen LogP contribution in [-0.2, 0) is 13.1 Å². The zero-order chi connectivity index (χ0) is 19.2. The first-order valence-corrected chi connectivity index (χ1v) is 9.41. The Hall–Kier alpha value is -3.31. The van der Waals surface area contributed by atoms with Gasteiger partial charge in [0.05, 0.1) is 6.61 Å². The first-order valence-electron chi connectivity index (χ1n) is 9.41. The van der Waals surface area contributed by atoms with E-state index in [-0.39, 0.29) is 0 Å². The summed E-state index contributed by atoms with van der Waals surface area (Å²) in [7, 11) is 0. The molecule has 0 atom stereocenters. The third-order valence-corrected chi connectivity index (χ3v) is 4.49. The number of hydrogen-bond acceptors (Lipinski definition) is 5. The van der Waals surface area contributed by atoms with E-state index in [1.165, 1.54) is 10.8 Å². The van der Waals surface area contributed by atoms with E-state index < -0.39 is 0 Å². The molecular weight excluding hydrogens is 348 g/mol. The van der Waals surface area contributed by atoms with E-state index in [0.717, 1.165) is 22.5 Å². The van der Waals surface area contributed by atoms with Crippen LogP contribution in [0, 0.1) is 0 Å². The average Bonchev–Trinajstić information content (AvgIpc) is 2.75. The van der Waals surface area contributed by atoms with Crippen LogP contribution in [0.2, 0.25) is 0 Å². The second-order valence-corrected chi connectivity index (χ2v) is 6.48. The summed E-state index contributed by atoms with van der Waals surface area (Å²) in [6.07, 6.45) is 5.49. The predicted molar refractivity (Wildman–Crippen MR) is 111 cm³/mol. The molecule has 2 heterocycles. The van der Waals surface area contributed by atoms with Crippen LogP contribution in [0.1, 0.15) is 18.1 Å².